The van der Waals surface area contributed by atoms with E-state index in [1.165, 1.54) is 0 Å². The summed E-state index contributed by atoms with van der Waals surface area (Å²) in [5.41, 5.74) is 6.87. The molecule has 1 aromatic carbocycles. The Labute approximate surface area is 120 Å². The molecule has 1 atom stereocenters. The Kier molecular flexibility index (Phi) is 4.61. The van der Waals surface area contributed by atoms with Crippen LogP contribution in [0, 0.1) is 0 Å². The van der Waals surface area contributed by atoms with E-state index < -0.39 is 0 Å². The van der Waals surface area contributed by atoms with Gasteiger partial charge in [0, 0.05) is 26.2 Å². The van der Waals surface area contributed by atoms with E-state index in [1.54, 1.807) is 7.11 Å². The van der Waals surface area contributed by atoms with Crippen LogP contribution < -0.4 is 15.4 Å². The van der Waals surface area contributed by atoms with Crippen LogP contribution in [0.3, 0.4) is 0 Å². The van der Waals surface area contributed by atoms with Crippen LogP contribution in [0.1, 0.15) is 6.92 Å². The van der Waals surface area contributed by atoms with Gasteiger partial charge < -0.3 is 15.4 Å². The summed E-state index contributed by atoms with van der Waals surface area (Å²) in [5.74, 6) is 0.929. The Morgan fingerprint density at radius 2 is 1.89 bits per heavy atom. The van der Waals surface area contributed by atoms with E-state index >= 15 is 0 Å². The lowest BCUT2D eigenvalue weighted by molar-refractivity contribution is 0.238. The Balaban J connectivity index is 2.02. The van der Waals surface area contributed by atoms with Gasteiger partial charge in [0.1, 0.15) is 5.75 Å². The van der Waals surface area contributed by atoms with Crippen molar-refractivity contribution in [2.24, 2.45) is 5.73 Å². The first-order valence-corrected chi connectivity index (χ1v) is 6.95. The van der Waals surface area contributed by atoms with Crippen LogP contribution in [0.15, 0.2) is 24.3 Å². The summed E-state index contributed by atoms with van der Waals surface area (Å²) in [4.78, 5) is 5.25. The highest BCUT2D eigenvalue weighted by atomic mass is 32.1. The second kappa shape index (κ2) is 6.21. The van der Waals surface area contributed by atoms with Gasteiger partial charge in [-0.25, -0.2) is 0 Å². The Hall–Kier alpha value is -1.33. The first-order valence-electron chi connectivity index (χ1n) is 6.55. The average Bonchev–Trinajstić information content (AvgIpc) is 2.46. The third kappa shape index (κ3) is 3.16. The predicted molar refractivity (Wildman–Crippen MR) is 83.0 cm³/mol. The number of hydrogen-bond acceptors (Lipinski definition) is 4. The molecule has 1 aromatic rings. The van der Waals surface area contributed by atoms with Gasteiger partial charge in [0.15, 0.2) is 0 Å². The second-order valence-corrected chi connectivity index (χ2v) is 5.24. The molecule has 2 rings (SSSR count). The fraction of sp³-hybridized carbons (Fsp3) is 0.500. The van der Waals surface area contributed by atoms with Crippen molar-refractivity contribution in [3.8, 4) is 5.75 Å². The van der Waals surface area contributed by atoms with Gasteiger partial charge in [-0.1, -0.05) is 24.4 Å². The molecule has 0 aromatic heterocycles. The van der Waals surface area contributed by atoms with Crippen molar-refractivity contribution in [1.29, 1.82) is 0 Å². The minimum Gasteiger partial charge on any atom is -0.495 e. The highest BCUT2D eigenvalue weighted by molar-refractivity contribution is 7.80. The number of rotatable bonds is 4. The molecular weight excluding hydrogens is 258 g/mol. The van der Waals surface area contributed by atoms with Gasteiger partial charge in [0.2, 0.25) is 0 Å². The molecule has 0 aliphatic carbocycles. The van der Waals surface area contributed by atoms with Gasteiger partial charge in [-0.3, -0.25) is 4.90 Å². The zero-order chi connectivity index (χ0) is 13.8. The zero-order valence-corrected chi connectivity index (χ0v) is 12.3. The summed E-state index contributed by atoms with van der Waals surface area (Å²) in [5, 5.41) is 0. The van der Waals surface area contributed by atoms with E-state index in [1.807, 2.05) is 18.2 Å². The van der Waals surface area contributed by atoms with E-state index in [2.05, 4.69) is 22.8 Å². The molecule has 0 spiro atoms. The van der Waals surface area contributed by atoms with Crippen molar-refractivity contribution in [2.45, 2.75) is 13.0 Å². The number of para-hydroxylation sites is 2. The van der Waals surface area contributed by atoms with E-state index in [0.29, 0.717) is 4.99 Å². The molecule has 1 aliphatic rings. The largest absolute Gasteiger partial charge is 0.495 e. The highest BCUT2D eigenvalue weighted by Gasteiger charge is 2.23. The van der Waals surface area contributed by atoms with Crippen LogP contribution in [0.2, 0.25) is 0 Å². The topological polar surface area (TPSA) is 41.7 Å². The van der Waals surface area contributed by atoms with Gasteiger partial charge in [-0.15, -0.1) is 0 Å². The lowest BCUT2D eigenvalue weighted by Gasteiger charge is -2.39. The Bertz CT molecular complexity index is 444. The van der Waals surface area contributed by atoms with E-state index in [-0.39, 0.29) is 6.04 Å². The van der Waals surface area contributed by atoms with Crippen LogP contribution >= 0.6 is 12.2 Å². The lowest BCUT2D eigenvalue weighted by atomic mass is 10.2. The first kappa shape index (κ1) is 14.1. The Morgan fingerprint density at radius 3 is 2.47 bits per heavy atom. The molecule has 4 nitrogen and oxygen atoms in total. The number of nitrogens with zero attached hydrogens (tertiary/aromatic N) is 2. The maximum absolute atomic E-state index is 5.71. The summed E-state index contributed by atoms with van der Waals surface area (Å²) in [7, 11) is 1.71. The minimum absolute atomic E-state index is 0.176. The number of nitrogens with two attached hydrogens (primary N) is 1. The molecule has 0 bridgehead atoms. The summed E-state index contributed by atoms with van der Waals surface area (Å²) >= 11 is 5.06. The maximum atomic E-state index is 5.71. The quantitative estimate of drug-likeness (QED) is 0.846. The molecule has 104 valence electrons. The van der Waals surface area contributed by atoms with Gasteiger partial charge in [-0.05, 0) is 19.1 Å². The van der Waals surface area contributed by atoms with Crippen molar-refractivity contribution < 1.29 is 4.74 Å². The molecule has 1 fully saturated rings. The lowest BCUT2D eigenvalue weighted by Crippen LogP contribution is -2.52. The normalized spacial score (nSPS) is 18.1. The molecule has 1 heterocycles. The van der Waals surface area contributed by atoms with E-state index in [0.717, 1.165) is 37.6 Å². The maximum Gasteiger partial charge on any atom is 0.142 e. The highest BCUT2D eigenvalue weighted by Crippen LogP contribution is 2.28. The zero-order valence-electron chi connectivity index (χ0n) is 11.5. The minimum atomic E-state index is 0.176. The molecule has 2 N–H and O–H groups in total. The standard InChI is InChI=1S/C14H21N3OS/c1-11(14(15)19)16-7-9-17(10-8-16)12-5-3-4-6-13(12)18-2/h3-6,11H,7-10H2,1-2H3,(H2,15,19). The van der Waals surface area contributed by atoms with Crippen molar-refractivity contribution >= 4 is 22.9 Å². The smallest absolute Gasteiger partial charge is 0.142 e. The Morgan fingerprint density at radius 1 is 1.26 bits per heavy atom. The fourth-order valence-corrected chi connectivity index (χ4v) is 2.57. The molecule has 1 saturated heterocycles. The van der Waals surface area contributed by atoms with Crippen molar-refractivity contribution in [3.05, 3.63) is 24.3 Å². The summed E-state index contributed by atoms with van der Waals surface area (Å²) < 4.78 is 5.42. The van der Waals surface area contributed by atoms with Crippen LogP contribution in [0.25, 0.3) is 0 Å². The SMILES string of the molecule is COc1ccccc1N1CCN(C(C)C(N)=S)CC1. The predicted octanol–water partition coefficient (Wildman–Crippen LogP) is 1.49. The third-order valence-electron chi connectivity index (χ3n) is 3.70. The number of benzene rings is 1. The number of methoxy groups -OCH3 is 1. The number of piperazine rings is 1. The van der Waals surface area contributed by atoms with Crippen molar-refractivity contribution in [3.63, 3.8) is 0 Å². The third-order valence-corrected chi connectivity index (χ3v) is 4.04. The molecule has 19 heavy (non-hydrogen) atoms. The average molecular weight is 279 g/mol. The van der Waals surface area contributed by atoms with Crippen LogP contribution in [-0.2, 0) is 0 Å². The molecule has 5 heteroatoms. The molecule has 0 radical (unpaired) electrons. The van der Waals surface area contributed by atoms with E-state index in [4.69, 9.17) is 22.7 Å². The number of ether oxygens (including phenoxy) is 1. The fourth-order valence-electron chi connectivity index (χ4n) is 2.42. The van der Waals surface area contributed by atoms with Crippen molar-refractivity contribution in [2.75, 3.05) is 38.2 Å². The molecular formula is C14H21N3OS. The van der Waals surface area contributed by atoms with Gasteiger partial charge in [0.25, 0.3) is 0 Å². The summed E-state index contributed by atoms with van der Waals surface area (Å²) in [6.07, 6.45) is 0. The number of thiocarbonyl (C=S) groups is 1. The summed E-state index contributed by atoms with van der Waals surface area (Å²) in [6.45, 7) is 5.94. The summed E-state index contributed by atoms with van der Waals surface area (Å²) in [6, 6.07) is 8.31. The van der Waals surface area contributed by atoms with E-state index in [9.17, 15) is 0 Å². The van der Waals surface area contributed by atoms with Crippen LogP contribution in [-0.4, -0.2) is 49.2 Å². The molecule has 1 aliphatic heterocycles. The van der Waals surface area contributed by atoms with Crippen molar-refractivity contribution in [1.82, 2.24) is 4.90 Å². The number of hydrogen-bond donors (Lipinski definition) is 1. The second-order valence-electron chi connectivity index (χ2n) is 4.77. The number of anilines is 1. The van der Waals surface area contributed by atoms with Gasteiger partial charge >= 0.3 is 0 Å². The van der Waals surface area contributed by atoms with Gasteiger partial charge in [0.05, 0.1) is 23.8 Å². The first-order chi connectivity index (χ1) is 9.13. The molecule has 1 unspecified atom stereocenters. The van der Waals surface area contributed by atoms with Crippen LogP contribution in [0.5, 0.6) is 5.75 Å². The monoisotopic (exact) mass is 279 g/mol. The van der Waals surface area contributed by atoms with Gasteiger partial charge in [-0.2, -0.15) is 0 Å². The molecule has 0 saturated carbocycles. The molecule has 0 amide bonds. The van der Waals surface area contributed by atoms with Crippen LogP contribution in [0.4, 0.5) is 5.69 Å².